The fourth-order valence-electron chi connectivity index (χ4n) is 13.5. The van der Waals surface area contributed by atoms with E-state index in [2.05, 4.69) is 37.9 Å². The van der Waals surface area contributed by atoms with Crippen LogP contribution in [0.5, 0.6) is 5.75 Å². The lowest BCUT2D eigenvalue weighted by molar-refractivity contribution is -0.139. The molecule has 2 spiro atoms. The van der Waals surface area contributed by atoms with E-state index in [4.69, 9.17) is 21.3 Å². The molecule has 7 heterocycles. The summed E-state index contributed by atoms with van der Waals surface area (Å²) in [4.78, 5) is 76.5. The Balaban J connectivity index is 0.665. The van der Waals surface area contributed by atoms with Crippen LogP contribution in [0.4, 0.5) is 0 Å². The highest BCUT2D eigenvalue weighted by Gasteiger charge is 2.50. The minimum Gasteiger partial charge on any atom is -0.492 e. The lowest BCUT2D eigenvalue weighted by Gasteiger charge is -2.43. The van der Waals surface area contributed by atoms with E-state index in [1.807, 2.05) is 24.3 Å². The number of aromatic nitrogens is 2. The Bertz CT molecular complexity index is 2700. The zero-order chi connectivity index (χ0) is 43.5. The highest BCUT2D eigenvalue weighted by Crippen LogP contribution is 2.53. The van der Waals surface area contributed by atoms with E-state index >= 15 is 0 Å². The zero-order valence-electron chi connectivity index (χ0n) is 36.3. The molecule has 2 aliphatic carbocycles. The van der Waals surface area contributed by atoms with E-state index in [0.29, 0.717) is 66.5 Å². The second-order valence-electron chi connectivity index (χ2n) is 20.2. The number of likely N-dealkylation sites (tertiary alicyclic amines) is 2. The summed E-state index contributed by atoms with van der Waals surface area (Å²) in [6.07, 6.45) is 13.9. The van der Waals surface area contributed by atoms with Crippen molar-refractivity contribution in [3.8, 4) is 11.4 Å². The number of carbonyl (C=O) groups is 4. The van der Waals surface area contributed by atoms with Gasteiger partial charge in [0.25, 0.3) is 11.5 Å². The molecule has 0 bridgehead atoms. The third-order valence-corrected chi connectivity index (χ3v) is 17.4. The standard InChI is InChI=1S/C51H55ClN6O6/c52-38-5-4-6-40-43(38)46(61)54-49-51(19-2-1-3-20-51)37-27-32(9-14-39(37)58(40)49)30-17-23-55(24-18-30)33-10-7-31(8-11-33)47(62)56-25-21-50(22-26-56)29-64-44-35-28-57(41-15-16-42(59)53-45(41)60)48(63)34(35)12-13-36(44)50/h4-6,9,12-14,27,30-31,33,41H,1-3,7-8,10-11,15-26,28-29H2,(H,53,59,60)/t31?,33?,41-/m0/s1. The third kappa shape index (κ3) is 6.17. The molecule has 0 unspecified atom stereocenters. The average Bonchev–Trinajstić information content (AvgIpc) is 3.94. The Morgan fingerprint density at radius 1 is 0.828 bits per heavy atom. The summed E-state index contributed by atoms with van der Waals surface area (Å²) in [6, 6.07) is 16.6. The van der Waals surface area contributed by atoms with Crippen LogP contribution in [0.15, 0.2) is 53.3 Å². The van der Waals surface area contributed by atoms with Crippen molar-refractivity contribution in [2.45, 2.75) is 132 Å². The number of hydrogen-bond donors (Lipinski definition) is 1. The molecule has 8 aliphatic rings. The smallest absolute Gasteiger partial charge is 0.282 e. The summed E-state index contributed by atoms with van der Waals surface area (Å²) in [5.41, 5.74) is 6.60. The molecule has 6 aliphatic heterocycles. The first kappa shape index (κ1) is 40.4. The summed E-state index contributed by atoms with van der Waals surface area (Å²) in [6.45, 7) is 4.36. The number of piperidine rings is 3. The number of nitrogens with zero attached hydrogens (tertiary/aromatic N) is 5. The molecule has 5 fully saturated rings. The van der Waals surface area contributed by atoms with Crippen LogP contribution in [0.1, 0.15) is 141 Å². The maximum absolute atomic E-state index is 14.0. The molecular formula is C51H55ClN6O6. The van der Waals surface area contributed by atoms with E-state index < -0.39 is 11.9 Å². The quantitative estimate of drug-likeness (QED) is 0.216. The largest absolute Gasteiger partial charge is 0.492 e. The second kappa shape index (κ2) is 15.3. The molecule has 12 nitrogen and oxygen atoms in total. The van der Waals surface area contributed by atoms with Gasteiger partial charge >= 0.3 is 0 Å². The number of imide groups is 1. The first-order chi connectivity index (χ1) is 31.1. The number of ether oxygens (including phenoxy) is 1. The molecule has 1 aromatic heterocycles. The van der Waals surface area contributed by atoms with Crippen LogP contribution in [0.3, 0.4) is 0 Å². The topological polar surface area (TPSA) is 134 Å². The van der Waals surface area contributed by atoms with E-state index in [1.165, 1.54) is 17.5 Å². The van der Waals surface area contributed by atoms with Gasteiger partial charge in [0.05, 0.1) is 40.2 Å². The molecule has 3 saturated heterocycles. The number of hydrogen-bond acceptors (Lipinski definition) is 8. The highest BCUT2D eigenvalue weighted by atomic mass is 35.5. The number of benzene rings is 3. The predicted molar refractivity (Wildman–Crippen MR) is 241 cm³/mol. The number of amides is 4. The van der Waals surface area contributed by atoms with Gasteiger partial charge in [-0.25, -0.2) is 0 Å². The summed E-state index contributed by atoms with van der Waals surface area (Å²) in [5.74, 6) is 1.62. The number of nitrogens with one attached hydrogen (secondary N) is 1. The minimum atomic E-state index is -0.659. The van der Waals surface area contributed by atoms with Gasteiger partial charge in [0.2, 0.25) is 17.7 Å². The van der Waals surface area contributed by atoms with Crippen molar-refractivity contribution >= 4 is 46.1 Å². The van der Waals surface area contributed by atoms with Gasteiger partial charge in [0.1, 0.15) is 17.6 Å². The summed E-state index contributed by atoms with van der Waals surface area (Å²) < 4.78 is 8.63. The fourth-order valence-corrected chi connectivity index (χ4v) is 13.8. The molecule has 12 rings (SSSR count). The van der Waals surface area contributed by atoms with Crippen LogP contribution in [0, 0.1) is 5.92 Å². The SMILES string of the molecule is O=C1CC[C@H](N2Cc3c(ccc4c3OCC43CCN(C(=O)C4CCC(N5CCC(c6ccc7c(c6)C6(CCCCC6)c6nc(=O)c8c(Cl)cccc8n6-7)CC5)CC4)CC3)C2=O)C(=O)N1. The lowest BCUT2D eigenvalue weighted by atomic mass is 9.69. The molecular weight excluding hydrogens is 828 g/mol. The average molecular weight is 883 g/mol. The maximum atomic E-state index is 14.0. The molecule has 0 radical (unpaired) electrons. The van der Waals surface area contributed by atoms with Crippen LogP contribution < -0.4 is 15.6 Å². The van der Waals surface area contributed by atoms with E-state index in [9.17, 15) is 24.0 Å². The van der Waals surface area contributed by atoms with Gasteiger partial charge in [-0.3, -0.25) is 33.9 Å². The van der Waals surface area contributed by atoms with Gasteiger partial charge in [-0.2, -0.15) is 4.98 Å². The number of halogens is 1. The summed E-state index contributed by atoms with van der Waals surface area (Å²) in [7, 11) is 0. The summed E-state index contributed by atoms with van der Waals surface area (Å²) in [5, 5.41) is 3.34. The molecule has 1 N–H and O–H groups in total. The van der Waals surface area contributed by atoms with E-state index in [-0.39, 0.29) is 40.5 Å². The van der Waals surface area contributed by atoms with Crippen LogP contribution in [0.2, 0.25) is 5.02 Å². The molecule has 3 aromatic carbocycles. The second-order valence-corrected chi connectivity index (χ2v) is 20.6. The van der Waals surface area contributed by atoms with Gasteiger partial charge < -0.3 is 19.4 Å². The highest BCUT2D eigenvalue weighted by molar-refractivity contribution is 6.35. The van der Waals surface area contributed by atoms with Crippen molar-refractivity contribution in [1.29, 1.82) is 0 Å². The van der Waals surface area contributed by atoms with Crippen LogP contribution >= 0.6 is 11.6 Å². The lowest BCUT2D eigenvalue weighted by Crippen LogP contribution is -2.52. The third-order valence-electron chi connectivity index (χ3n) is 17.1. The Kier molecular flexibility index (Phi) is 9.64. The number of carbonyl (C=O) groups excluding carboxylic acids is 4. The minimum absolute atomic E-state index is 0.0725. The molecule has 4 aromatic rings. The first-order valence-electron chi connectivity index (χ1n) is 24.0. The van der Waals surface area contributed by atoms with Crippen molar-refractivity contribution in [3.63, 3.8) is 0 Å². The normalized spacial score (nSPS) is 26.2. The van der Waals surface area contributed by atoms with Gasteiger partial charge in [-0.15, -0.1) is 0 Å². The molecule has 4 amide bonds. The van der Waals surface area contributed by atoms with Crippen LogP contribution in [-0.4, -0.2) is 92.7 Å². The van der Waals surface area contributed by atoms with Crippen molar-refractivity contribution in [3.05, 3.63) is 97.5 Å². The zero-order valence-corrected chi connectivity index (χ0v) is 37.1. The monoisotopic (exact) mass is 882 g/mol. The van der Waals surface area contributed by atoms with Crippen molar-refractivity contribution < 1.29 is 23.9 Å². The number of rotatable bonds is 4. The van der Waals surface area contributed by atoms with Crippen LogP contribution in [0.25, 0.3) is 16.6 Å². The molecule has 64 heavy (non-hydrogen) atoms. The first-order valence-corrected chi connectivity index (χ1v) is 24.3. The van der Waals surface area contributed by atoms with Gasteiger partial charge in [0, 0.05) is 53.6 Å². The van der Waals surface area contributed by atoms with E-state index in [1.54, 1.807) is 11.0 Å². The number of fused-ring (bicyclic) bond motifs is 11. The van der Waals surface area contributed by atoms with Gasteiger partial charge in [-0.05, 0) is 125 Å². The predicted octanol–water partition coefficient (Wildman–Crippen LogP) is 7.05. The molecule has 1 atom stereocenters. The maximum Gasteiger partial charge on any atom is 0.282 e. The molecule has 13 heteroatoms. The molecule has 2 saturated carbocycles. The fraction of sp³-hybridized carbons (Fsp3) is 0.529. The van der Waals surface area contributed by atoms with Crippen molar-refractivity contribution in [2.75, 3.05) is 32.8 Å². The van der Waals surface area contributed by atoms with Gasteiger partial charge in [0.15, 0.2) is 0 Å². The van der Waals surface area contributed by atoms with Crippen LogP contribution in [-0.2, 0) is 31.8 Å². The van der Waals surface area contributed by atoms with E-state index in [0.717, 1.165) is 124 Å². The Morgan fingerprint density at radius 3 is 2.38 bits per heavy atom. The van der Waals surface area contributed by atoms with Crippen molar-refractivity contribution in [1.82, 2.24) is 29.6 Å². The van der Waals surface area contributed by atoms with Gasteiger partial charge in [-0.1, -0.05) is 55.1 Å². The Labute approximate surface area is 377 Å². The Hall–Kier alpha value is -5.07. The Morgan fingerprint density at radius 2 is 1.61 bits per heavy atom. The molecule has 332 valence electrons. The van der Waals surface area contributed by atoms with Crippen molar-refractivity contribution in [2.24, 2.45) is 5.92 Å². The summed E-state index contributed by atoms with van der Waals surface area (Å²) >= 11 is 6.59.